The fourth-order valence-electron chi connectivity index (χ4n) is 2.45. The van der Waals surface area contributed by atoms with Gasteiger partial charge in [0.05, 0.1) is 11.3 Å². The van der Waals surface area contributed by atoms with Gasteiger partial charge in [0, 0.05) is 10.9 Å². The Hall–Kier alpha value is -2.75. The van der Waals surface area contributed by atoms with Crippen molar-refractivity contribution in [3.8, 4) is 11.5 Å². The fourth-order valence-corrected chi connectivity index (χ4v) is 2.45. The van der Waals surface area contributed by atoms with Crippen molar-refractivity contribution in [2.45, 2.75) is 0 Å². The summed E-state index contributed by atoms with van der Waals surface area (Å²) in [7, 11) is 0. The smallest absolute Gasteiger partial charge is 0.231 e. The maximum absolute atomic E-state index is 12.6. The first-order valence-corrected chi connectivity index (χ1v) is 6.34. The van der Waals surface area contributed by atoms with E-state index >= 15 is 0 Å². The minimum Gasteiger partial charge on any atom is -0.454 e. The Morgan fingerprint density at radius 3 is 2.85 bits per heavy atom. The molecule has 0 aliphatic carbocycles. The molecule has 0 fully saturated rings. The molecule has 4 rings (SSSR count). The number of H-pyrrole nitrogens is 1. The molecule has 0 unspecified atom stereocenters. The van der Waals surface area contributed by atoms with Gasteiger partial charge in [-0.25, -0.2) is 0 Å². The minimum atomic E-state index is -0.0939. The number of para-hydroxylation sites is 2. The number of rotatable bonds is 2. The minimum absolute atomic E-state index is 0.0939. The van der Waals surface area contributed by atoms with Crippen LogP contribution in [0.5, 0.6) is 11.5 Å². The molecule has 0 radical (unpaired) electrons. The standard InChI is InChI=1S/C16H11NO3/c18-15(11-5-3-7-14-16(11)20-9-19-14)13-8-10-4-1-2-6-12(10)17-13/h1-8,17H,9H2. The number of hydrogen-bond donors (Lipinski definition) is 1. The number of carbonyl (C=O) groups is 1. The number of nitrogens with one attached hydrogen (secondary N) is 1. The van der Waals surface area contributed by atoms with Crippen LogP contribution < -0.4 is 9.47 Å². The number of fused-ring (bicyclic) bond motifs is 2. The van der Waals surface area contributed by atoms with E-state index in [0.29, 0.717) is 22.8 Å². The number of carbonyl (C=O) groups excluding carboxylic acids is 1. The van der Waals surface area contributed by atoms with Gasteiger partial charge in [0.1, 0.15) is 0 Å². The molecule has 3 aromatic rings. The second kappa shape index (κ2) is 4.13. The number of ether oxygens (including phenoxy) is 2. The average molecular weight is 265 g/mol. The Kier molecular flexibility index (Phi) is 2.29. The van der Waals surface area contributed by atoms with Crippen molar-refractivity contribution in [2.75, 3.05) is 6.79 Å². The number of ketones is 1. The van der Waals surface area contributed by atoms with Crippen molar-refractivity contribution in [3.63, 3.8) is 0 Å². The summed E-state index contributed by atoms with van der Waals surface area (Å²) in [4.78, 5) is 15.7. The van der Waals surface area contributed by atoms with Crippen molar-refractivity contribution in [3.05, 3.63) is 59.8 Å². The monoisotopic (exact) mass is 265 g/mol. The zero-order valence-corrected chi connectivity index (χ0v) is 10.6. The third-order valence-electron chi connectivity index (χ3n) is 3.42. The van der Waals surface area contributed by atoms with Gasteiger partial charge in [-0.2, -0.15) is 0 Å². The highest BCUT2D eigenvalue weighted by Crippen LogP contribution is 2.36. The largest absolute Gasteiger partial charge is 0.454 e. The van der Waals surface area contributed by atoms with Gasteiger partial charge < -0.3 is 14.5 Å². The maximum Gasteiger partial charge on any atom is 0.231 e. The molecule has 20 heavy (non-hydrogen) atoms. The summed E-state index contributed by atoms with van der Waals surface area (Å²) in [5.41, 5.74) is 2.02. The molecule has 0 bridgehead atoms. The topological polar surface area (TPSA) is 51.3 Å². The molecule has 2 aromatic carbocycles. The second-order valence-electron chi connectivity index (χ2n) is 4.64. The molecule has 0 amide bonds. The van der Waals surface area contributed by atoms with E-state index in [1.54, 1.807) is 18.2 Å². The second-order valence-corrected chi connectivity index (χ2v) is 4.64. The van der Waals surface area contributed by atoms with Gasteiger partial charge in [0.2, 0.25) is 12.6 Å². The van der Waals surface area contributed by atoms with Crippen LogP contribution >= 0.6 is 0 Å². The molecule has 2 heterocycles. The lowest BCUT2D eigenvalue weighted by molar-refractivity contribution is 0.103. The molecule has 98 valence electrons. The van der Waals surface area contributed by atoms with Crippen LogP contribution in [0.15, 0.2) is 48.5 Å². The summed E-state index contributed by atoms with van der Waals surface area (Å²) >= 11 is 0. The zero-order valence-electron chi connectivity index (χ0n) is 10.6. The van der Waals surface area contributed by atoms with Crippen molar-refractivity contribution >= 4 is 16.7 Å². The molecule has 0 saturated heterocycles. The Labute approximate surface area is 114 Å². The van der Waals surface area contributed by atoms with E-state index in [1.165, 1.54) is 0 Å². The van der Waals surface area contributed by atoms with Crippen LogP contribution in [0.2, 0.25) is 0 Å². The lowest BCUT2D eigenvalue weighted by Gasteiger charge is -2.03. The molecule has 1 aromatic heterocycles. The highest BCUT2D eigenvalue weighted by molar-refractivity contribution is 6.12. The van der Waals surface area contributed by atoms with Gasteiger partial charge in [0.15, 0.2) is 11.5 Å². The first-order chi connectivity index (χ1) is 9.83. The van der Waals surface area contributed by atoms with Crippen molar-refractivity contribution in [2.24, 2.45) is 0 Å². The summed E-state index contributed by atoms with van der Waals surface area (Å²) in [6, 6.07) is 15.0. The first kappa shape index (κ1) is 11.1. The van der Waals surface area contributed by atoms with Crippen molar-refractivity contribution in [1.29, 1.82) is 0 Å². The summed E-state index contributed by atoms with van der Waals surface area (Å²) in [5.74, 6) is 1.05. The van der Waals surface area contributed by atoms with Crippen LogP contribution in [0.4, 0.5) is 0 Å². The summed E-state index contributed by atoms with van der Waals surface area (Å²) < 4.78 is 10.7. The quantitative estimate of drug-likeness (QED) is 0.724. The van der Waals surface area contributed by atoms with E-state index < -0.39 is 0 Å². The predicted molar refractivity (Wildman–Crippen MR) is 74.3 cm³/mol. The third kappa shape index (κ3) is 1.58. The van der Waals surface area contributed by atoms with E-state index in [1.807, 2.05) is 30.3 Å². The molecular weight excluding hydrogens is 254 g/mol. The number of aromatic nitrogens is 1. The van der Waals surface area contributed by atoms with Gasteiger partial charge in [-0.3, -0.25) is 4.79 Å². The van der Waals surface area contributed by atoms with Crippen molar-refractivity contribution in [1.82, 2.24) is 4.98 Å². The lowest BCUT2D eigenvalue weighted by atomic mass is 10.1. The molecule has 4 nitrogen and oxygen atoms in total. The summed E-state index contributed by atoms with van der Waals surface area (Å²) in [6.07, 6.45) is 0. The molecule has 1 aliphatic rings. The molecule has 0 atom stereocenters. The number of aromatic amines is 1. The average Bonchev–Trinajstić information content (AvgIpc) is 3.12. The Bertz CT molecular complexity index is 786. The summed E-state index contributed by atoms with van der Waals surface area (Å²) in [5, 5.41) is 1.01. The third-order valence-corrected chi connectivity index (χ3v) is 3.42. The van der Waals surface area contributed by atoms with Crippen LogP contribution in [-0.4, -0.2) is 17.6 Å². The highest BCUT2D eigenvalue weighted by atomic mass is 16.7. The van der Waals surface area contributed by atoms with Crippen LogP contribution in [0.3, 0.4) is 0 Å². The van der Waals surface area contributed by atoms with Crippen LogP contribution in [0.1, 0.15) is 16.1 Å². The molecule has 0 saturated carbocycles. The van der Waals surface area contributed by atoms with Crippen LogP contribution in [0, 0.1) is 0 Å². The van der Waals surface area contributed by atoms with Gasteiger partial charge in [-0.1, -0.05) is 24.3 Å². The Morgan fingerprint density at radius 2 is 1.95 bits per heavy atom. The van der Waals surface area contributed by atoms with E-state index in [4.69, 9.17) is 9.47 Å². The van der Waals surface area contributed by atoms with Gasteiger partial charge in [-0.05, 0) is 24.3 Å². The van der Waals surface area contributed by atoms with Gasteiger partial charge in [-0.15, -0.1) is 0 Å². The molecule has 1 aliphatic heterocycles. The zero-order chi connectivity index (χ0) is 13.5. The summed E-state index contributed by atoms with van der Waals surface area (Å²) in [6.45, 7) is 0.159. The lowest BCUT2D eigenvalue weighted by Crippen LogP contribution is -2.03. The molecule has 4 heteroatoms. The Morgan fingerprint density at radius 1 is 1.05 bits per heavy atom. The first-order valence-electron chi connectivity index (χ1n) is 6.34. The van der Waals surface area contributed by atoms with Crippen LogP contribution in [-0.2, 0) is 0 Å². The molecule has 1 N–H and O–H groups in total. The number of hydrogen-bond acceptors (Lipinski definition) is 3. The fraction of sp³-hybridized carbons (Fsp3) is 0.0625. The van der Waals surface area contributed by atoms with E-state index in [9.17, 15) is 4.79 Å². The van der Waals surface area contributed by atoms with Gasteiger partial charge in [0.25, 0.3) is 0 Å². The van der Waals surface area contributed by atoms with Gasteiger partial charge >= 0.3 is 0 Å². The normalized spacial score (nSPS) is 12.8. The highest BCUT2D eigenvalue weighted by Gasteiger charge is 2.23. The van der Waals surface area contributed by atoms with Crippen LogP contribution in [0.25, 0.3) is 10.9 Å². The van der Waals surface area contributed by atoms with E-state index in [2.05, 4.69) is 4.98 Å². The molecular formula is C16H11NO3. The predicted octanol–water partition coefficient (Wildman–Crippen LogP) is 3.13. The maximum atomic E-state index is 12.6. The number of benzene rings is 2. The van der Waals surface area contributed by atoms with E-state index in [0.717, 1.165) is 10.9 Å². The van der Waals surface area contributed by atoms with Crippen molar-refractivity contribution < 1.29 is 14.3 Å². The Balaban J connectivity index is 1.83. The van der Waals surface area contributed by atoms with E-state index in [-0.39, 0.29) is 12.6 Å². The SMILES string of the molecule is O=C(c1cc2ccccc2[nH]1)c1cccc2c1OCO2. The molecule has 0 spiro atoms.